The van der Waals surface area contributed by atoms with Crippen molar-refractivity contribution in [2.45, 2.75) is 0 Å². The Morgan fingerprint density at radius 1 is 1.33 bits per heavy atom. The topological polar surface area (TPSA) is 50.7 Å². The first-order valence-corrected chi connectivity index (χ1v) is 4.52. The summed E-state index contributed by atoms with van der Waals surface area (Å²) in [6, 6.07) is 5.47. The highest BCUT2D eigenvalue weighted by Gasteiger charge is 2.01. The fraction of sp³-hybridized carbons (Fsp3) is 0. The maximum absolute atomic E-state index is 12.7. The number of halogens is 1. The van der Waals surface area contributed by atoms with Crippen LogP contribution >= 0.6 is 12.2 Å². The molecule has 0 fully saturated rings. The van der Waals surface area contributed by atoms with Crippen molar-refractivity contribution < 1.29 is 4.39 Å². The van der Waals surface area contributed by atoms with Gasteiger partial charge in [-0.25, -0.2) is 4.39 Å². The lowest BCUT2D eigenvalue weighted by Gasteiger charge is -2.03. The summed E-state index contributed by atoms with van der Waals surface area (Å²) in [7, 11) is 0. The average Bonchev–Trinajstić information content (AvgIpc) is 2.20. The molecule has 4 nitrogen and oxygen atoms in total. The minimum absolute atomic E-state index is 0.175. The first kappa shape index (κ1) is 9.72. The van der Waals surface area contributed by atoms with Crippen LogP contribution in [-0.2, 0) is 0 Å². The molecule has 1 aromatic carbocycles. The van der Waals surface area contributed by atoms with E-state index in [1.54, 1.807) is 0 Å². The van der Waals surface area contributed by atoms with E-state index in [-0.39, 0.29) is 16.1 Å². The zero-order valence-electron chi connectivity index (χ0n) is 7.48. The molecule has 0 aliphatic carbocycles. The first-order chi connectivity index (χ1) is 7.18. The zero-order chi connectivity index (χ0) is 10.8. The Morgan fingerprint density at radius 3 is 2.60 bits per heavy atom. The van der Waals surface area contributed by atoms with Crippen molar-refractivity contribution in [3.63, 3.8) is 0 Å². The highest BCUT2D eigenvalue weighted by Crippen LogP contribution is 2.06. The van der Waals surface area contributed by atoms with Crippen LogP contribution in [0.5, 0.6) is 0 Å². The lowest BCUT2D eigenvalue weighted by Crippen LogP contribution is -2.19. The standard InChI is InChI=1S/C9H6FN3OS/c10-6-1-3-7(4-2-6)13-8(14)5-11-12-9(13)15/h1-5H,(H,12,15). The third kappa shape index (κ3) is 1.84. The van der Waals surface area contributed by atoms with Gasteiger partial charge < -0.3 is 0 Å². The molecule has 0 saturated heterocycles. The molecule has 2 rings (SSSR count). The van der Waals surface area contributed by atoms with Gasteiger partial charge in [-0.15, -0.1) is 0 Å². The van der Waals surface area contributed by atoms with Gasteiger partial charge in [-0.05, 0) is 36.5 Å². The van der Waals surface area contributed by atoms with E-state index in [0.29, 0.717) is 5.69 Å². The van der Waals surface area contributed by atoms with E-state index in [1.165, 1.54) is 28.8 Å². The van der Waals surface area contributed by atoms with E-state index < -0.39 is 0 Å². The molecule has 2 aromatic rings. The number of H-pyrrole nitrogens is 1. The number of nitrogens with one attached hydrogen (secondary N) is 1. The van der Waals surface area contributed by atoms with Crippen molar-refractivity contribution in [3.8, 4) is 5.69 Å². The predicted octanol–water partition coefficient (Wildman–Crippen LogP) is 1.43. The third-order valence-electron chi connectivity index (χ3n) is 1.84. The van der Waals surface area contributed by atoms with Crippen molar-refractivity contribution in [2.24, 2.45) is 0 Å². The van der Waals surface area contributed by atoms with Gasteiger partial charge in [-0.2, -0.15) is 5.10 Å². The molecule has 0 radical (unpaired) electrons. The van der Waals surface area contributed by atoms with Gasteiger partial charge in [-0.3, -0.25) is 14.5 Å². The SMILES string of the molecule is O=c1cn[nH]c(=S)n1-c1ccc(F)cc1. The van der Waals surface area contributed by atoms with Crippen LogP contribution in [0.2, 0.25) is 0 Å². The Bertz CT molecular complexity index is 559. The Balaban J connectivity index is 2.69. The molecule has 0 atom stereocenters. The summed E-state index contributed by atoms with van der Waals surface area (Å²) in [5.41, 5.74) is 0.149. The van der Waals surface area contributed by atoms with Crippen LogP contribution in [-0.4, -0.2) is 14.8 Å². The second-order valence-electron chi connectivity index (χ2n) is 2.83. The number of hydrogen-bond acceptors (Lipinski definition) is 3. The van der Waals surface area contributed by atoms with E-state index >= 15 is 0 Å². The summed E-state index contributed by atoms with van der Waals surface area (Å²) >= 11 is 4.91. The molecule has 0 aliphatic heterocycles. The normalized spacial score (nSPS) is 10.2. The molecule has 0 aliphatic rings. The van der Waals surface area contributed by atoms with Crippen molar-refractivity contribution in [1.29, 1.82) is 0 Å². The number of nitrogens with zero attached hydrogens (tertiary/aromatic N) is 2. The van der Waals surface area contributed by atoms with Gasteiger partial charge in [0, 0.05) is 0 Å². The average molecular weight is 223 g/mol. The number of hydrogen-bond donors (Lipinski definition) is 1. The van der Waals surface area contributed by atoms with E-state index in [9.17, 15) is 9.18 Å². The summed E-state index contributed by atoms with van der Waals surface area (Å²) in [6.07, 6.45) is 1.11. The highest BCUT2D eigenvalue weighted by atomic mass is 32.1. The summed E-state index contributed by atoms with van der Waals surface area (Å²) in [5, 5.41) is 6.04. The van der Waals surface area contributed by atoms with Gasteiger partial charge in [0.15, 0.2) is 0 Å². The molecule has 76 valence electrons. The van der Waals surface area contributed by atoms with E-state index in [4.69, 9.17) is 12.2 Å². The van der Waals surface area contributed by atoms with E-state index in [0.717, 1.165) is 6.20 Å². The molecule has 0 amide bonds. The molecular formula is C9H6FN3OS. The molecule has 15 heavy (non-hydrogen) atoms. The van der Waals surface area contributed by atoms with Gasteiger partial charge in [-0.1, -0.05) is 0 Å². The van der Waals surface area contributed by atoms with Gasteiger partial charge in [0.05, 0.1) is 5.69 Å². The van der Waals surface area contributed by atoms with Gasteiger partial charge in [0.1, 0.15) is 12.0 Å². The lowest BCUT2D eigenvalue weighted by atomic mass is 10.3. The van der Waals surface area contributed by atoms with Crippen molar-refractivity contribution in [2.75, 3.05) is 0 Å². The van der Waals surface area contributed by atoms with Crippen LogP contribution in [0.3, 0.4) is 0 Å². The Hall–Kier alpha value is -1.82. The fourth-order valence-electron chi connectivity index (χ4n) is 1.19. The summed E-state index contributed by atoms with van der Waals surface area (Å²) < 4.78 is 14.1. The molecule has 0 unspecified atom stereocenters. The third-order valence-corrected chi connectivity index (χ3v) is 2.12. The van der Waals surface area contributed by atoms with Gasteiger partial charge >= 0.3 is 0 Å². The van der Waals surface area contributed by atoms with Gasteiger partial charge in [0.2, 0.25) is 4.77 Å². The molecular weight excluding hydrogens is 217 g/mol. The van der Waals surface area contributed by atoms with Crippen LogP contribution in [0.15, 0.2) is 35.3 Å². The van der Waals surface area contributed by atoms with Crippen LogP contribution in [0.1, 0.15) is 0 Å². The van der Waals surface area contributed by atoms with Crippen molar-refractivity contribution >= 4 is 12.2 Å². The quantitative estimate of drug-likeness (QED) is 0.744. The van der Waals surface area contributed by atoms with Crippen molar-refractivity contribution in [1.82, 2.24) is 14.8 Å². The Kier molecular flexibility index (Phi) is 2.42. The van der Waals surface area contributed by atoms with Crippen LogP contribution < -0.4 is 5.56 Å². The summed E-state index contributed by atoms with van der Waals surface area (Å²) in [5.74, 6) is -0.365. The van der Waals surface area contributed by atoms with Crippen molar-refractivity contribution in [3.05, 3.63) is 51.4 Å². The largest absolute Gasteiger partial charge is 0.277 e. The second-order valence-corrected chi connectivity index (χ2v) is 3.21. The monoisotopic (exact) mass is 223 g/mol. The minimum Gasteiger partial charge on any atom is -0.267 e. The molecule has 1 aromatic heterocycles. The van der Waals surface area contributed by atoms with Gasteiger partial charge in [0.25, 0.3) is 5.56 Å². The number of rotatable bonds is 1. The molecule has 6 heteroatoms. The minimum atomic E-state index is -0.365. The number of aromatic nitrogens is 3. The summed E-state index contributed by atoms with van der Waals surface area (Å²) in [6.45, 7) is 0. The Labute approximate surface area is 89.0 Å². The Morgan fingerprint density at radius 2 is 2.00 bits per heavy atom. The lowest BCUT2D eigenvalue weighted by molar-refractivity contribution is 0.627. The molecule has 1 heterocycles. The number of benzene rings is 1. The maximum Gasteiger partial charge on any atom is 0.277 e. The maximum atomic E-state index is 12.7. The zero-order valence-corrected chi connectivity index (χ0v) is 8.29. The molecule has 1 N–H and O–H groups in total. The fourth-order valence-corrected chi connectivity index (χ4v) is 1.43. The molecule has 0 bridgehead atoms. The molecule has 0 spiro atoms. The predicted molar refractivity (Wildman–Crippen MR) is 55.0 cm³/mol. The smallest absolute Gasteiger partial charge is 0.267 e. The number of aromatic amines is 1. The van der Waals surface area contributed by atoms with Crippen LogP contribution in [0, 0.1) is 10.6 Å². The second kappa shape index (κ2) is 3.74. The van der Waals surface area contributed by atoms with Crippen LogP contribution in [0.25, 0.3) is 5.69 Å². The summed E-state index contributed by atoms with van der Waals surface area (Å²) in [4.78, 5) is 11.4. The van der Waals surface area contributed by atoms with Crippen LogP contribution in [0.4, 0.5) is 4.39 Å². The van der Waals surface area contributed by atoms with E-state index in [2.05, 4.69) is 10.2 Å². The first-order valence-electron chi connectivity index (χ1n) is 4.11. The highest BCUT2D eigenvalue weighted by molar-refractivity contribution is 7.71. The van der Waals surface area contributed by atoms with E-state index in [1.807, 2.05) is 0 Å². The molecule has 0 saturated carbocycles.